The molecule has 0 spiro atoms. The van der Waals surface area contributed by atoms with Gasteiger partial charge in [0.2, 0.25) is 0 Å². The number of pyridine rings is 1. The van der Waals surface area contributed by atoms with Crippen LogP contribution in [0, 0.1) is 0 Å². The molecule has 6 nitrogen and oxygen atoms in total. The standard InChI is InChI=1S/C11H12Cl3N5OS/c1-4(2)3-16-11(21)19-18-10(20)8-5(12)7(15)6(13)9(14)17-8/h1,3H2,2H3,(H2,15,17)(H,18,20)(H2,16,19,21). The van der Waals surface area contributed by atoms with E-state index in [1.165, 1.54) is 0 Å². The van der Waals surface area contributed by atoms with Crippen LogP contribution in [0.15, 0.2) is 12.2 Å². The van der Waals surface area contributed by atoms with Crippen LogP contribution in [0.1, 0.15) is 17.4 Å². The quantitative estimate of drug-likeness (QED) is 0.283. The third kappa shape index (κ3) is 4.89. The van der Waals surface area contributed by atoms with Gasteiger partial charge in [0.05, 0.1) is 10.7 Å². The van der Waals surface area contributed by atoms with Crippen LogP contribution >= 0.6 is 47.0 Å². The molecule has 1 amide bonds. The maximum atomic E-state index is 11.9. The molecule has 1 aromatic rings. The Morgan fingerprint density at radius 3 is 2.52 bits per heavy atom. The molecule has 0 atom stereocenters. The molecule has 0 saturated heterocycles. The molecular weight excluding hydrogens is 357 g/mol. The number of carbonyl (C=O) groups excluding carboxylic acids is 1. The van der Waals surface area contributed by atoms with Crippen molar-refractivity contribution in [2.45, 2.75) is 6.92 Å². The highest BCUT2D eigenvalue weighted by Crippen LogP contribution is 2.34. The molecule has 1 aromatic heterocycles. The van der Waals surface area contributed by atoms with Crippen LogP contribution in [0.4, 0.5) is 5.69 Å². The number of anilines is 1. The van der Waals surface area contributed by atoms with Crippen LogP contribution in [-0.4, -0.2) is 22.5 Å². The van der Waals surface area contributed by atoms with Crippen LogP contribution in [-0.2, 0) is 0 Å². The molecule has 0 fully saturated rings. The van der Waals surface area contributed by atoms with E-state index >= 15 is 0 Å². The average molecular weight is 369 g/mol. The number of halogens is 3. The van der Waals surface area contributed by atoms with Crippen LogP contribution < -0.4 is 21.9 Å². The van der Waals surface area contributed by atoms with Crippen LogP contribution in [0.2, 0.25) is 15.2 Å². The third-order valence-electron chi connectivity index (χ3n) is 2.13. The van der Waals surface area contributed by atoms with Gasteiger partial charge in [-0.1, -0.05) is 47.0 Å². The van der Waals surface area contributed by atoms with E-state index in [9.17, 15) is 4.79 Å². The first-order valence-corrected chi connectivity index (χ1v) is 7.06. The molecule has 1 rings (SSSR count). The van der Waals surface area contributed by atoms with Gasteiger partial charge in [0, 0.05) is 6.54 Å². The Labute approximate surface area is 142 Å². The molecule has 1 heterocycles. The summed E-state index contributed by atoms with van der Waals surface area (Å²) in [6, 6.07) is 0. The average Bonchev–Trinajstić information content (AvgIpc) is 2.44. The Morgan fingerprint density at radius 1 is 1.33 bits per heavy atom. The Hall–Kier alpha value is -1.28. The van der Waals surface area contributed by atoms with Gasteiger partial charge in [-0.25, -0.2) is 4.98 Å². The Bertz CT molecular complexity index is 608. The minimum atomic E-state index is -0.662. The Morgan fingerprint density at radius 2 is 1.95 bits per heavy atom. The number of hydrogen-bond acceptors (Lipinski definition) is 4. The zero-order valence-electron chi connectivity index (χ0n) is 10.9. The summed E-state index contributed by atoms with van der Waals surface area (Å²) in [7, 11) is 0. The number of nitrogens with zero attached hydrogens (tertiary/aromatic N) is 1. The van der Waals surface area contributed by atoms with E-state index in [1.54, 1.807) is 0 Å². The molecule has 0 unspecified atom stereocenters. The minimum Gasteiger partial charge on any atom is -0.396 e. The smallest absolute Gasteiger partial charge is 0.289 e. The summed E-state index contributed by atoms with van der Waals surface area (Å²) < 4.78 is 0. The molecule has 0 saturated carbocycles. The van der Waals surface area contributed by atoms with Gasteiger partial charge in [-0.3, -0.25) is 15.6 Å². The number of hydrogen-bond donors (Lipinski definition) is 4. The van der Waals surface area contributed by atoms with Crippen molar-refractivity contribution in [1.82, 2.24) is 21.2 Å². The lowest BCUT2D eigenvalue weighted by atomic mass is 10.3. The first-order chi connectivity index (χ1) is 9.73. The zero-order valence-corrected chi connectivity index (χ0v) is 14.0. The number of nitrogens with two attached hydrogens (primary N) is 1. The van der Waals surface area contributed by atoms with Crippen molar-refractivity contribution in [1.29, 1.82) is 0 Å². The van der Waals surface area contributed by atoms with Crippen molar-refractivity contribution in [3.63, 3.8) is 0 Å². The van der Waals surface area contributed by atoms with Gasteiger partial charge in [0.25, 0.3) is 5.91 Å². The summed E-state index contributed by atoms with van der Waals surface area (Å²) in [5.74, 6) is -0.662. The number of amides is 1. The summed E-state index contributed by atoms with van der Waals surface area (Å²) in [6.45, 7) is 6.01. The molecule has 5 N–H and O–H groups in total. The van der Waals surface area contributed by atoms with Gasteiger partial charge in [-0.2, -0.15) is 0 Å². The number of rotatable bonds is 3. The molecule has 21 heavy (non-hydrogen) atoms. The monoisotopic (exact) mass is 367 g/mol. The van der Waals surface area contributed by atoms with Crippen molar-refractivity contribution in [2.75, 3.05) is 12.3 Å². The molecule has 0 radical (unpaired) electrons. The molecule has 0 bridgehead atoms. The van der Waals surface area contributed by atoms with E-state index < -0.39 is 5.91 Å². The SMILES string of the molecule is C=C(C)CNC(=S)NNC(=O)c1nc(Cl)c(Cl)c(N)c1Cl. The van der Waals surface area contributed by atoms with Gasteiger partial charge in [0.1, 0.15) is 5.02 Å². The first kappa shape index (κ1) is 17.8. The van der Waals surface area contributed by atoms with Crippen LogP contribution in [0.3, 0.4) is 0 Å². The highest BCUT2D eigenvalue weighted by atomic mass is 35.5. The van der Waals surface area contributed by atoms with Crippen molar-refractivity contribution < 1.29 is 4.79 Å². The summed E-state index contributed by atoms with van der Waals surface area (Å²) in [5.41, 5.74) is 11.1. The van der Waals surface area contributed by atoms with Crippen molar-refractivity contribution in [3.05, 3.63) is 33.0 Å². The van der Waals surface area contributed by atoms with Gasteiger partial charge in [-0.05, 0) is 19.1 Å². The number of hydrazine groups is 1. The summed E-state index contributed by atoms with van der Waals surface area (Å²) in [5, 5.41) is 2.80. The van der Waals surface area contributed by atoms with Crippen molar-refractivity contribution in [2.24, 2.45) is 0 Å². The fourth-order valence-electron chi connectivity index (χ4n) is 1.13. The van der Waals surface area contributed by atoms with Gasteiger partial charge in [-0.15, -0.1) is 0 Å². The number of aromatic nitrogens is 1. The summed E-state index contributed by atoms with van der Waals surface area (Å²) in [4.78, 5) is 15.7. The second-order valence-corrected chi connectivity index (χ2v) is 5.53. The molecule has 0 aliphatic heterocycles. The van der Waals surface area contributed by atoms with E-state index in [0.717, 1.165) is 5.57 Å². The van der Waals surface area contributed by atoms with E-state index in [-0.39, 0.29) is 31.7 Å². The van der Waals surface area contributed by atoms with E-state index in [0.29, 0.717) is 6.54 Å². The second-order valence-electron chi connectivity index (χ2n) is 4.01. The molecule has 0 aromatic carbocycles. The number of nitrogen functional groups attached to an aromatic ring is 1. The fraction of sp³-hybridized carbons (Fsp3) is 0.182. The Balaban J connectivity index is 2.73. The highest BCUT2D eigenvalue weighted by molar-refractivity contribution is 7.80. The molecule has 0 aliphatic carbocycles. The van der Waals surface area contributed by atoms with Crippen molar-refractivity contribution in [3.8, 4) is 0 Å². The molecule has 114 valence electrons. The predicted octanol–water partition coefficient (Wildman–Crippen LogP) is 2.31. The van der Waals surface area contributed by atoms with Gasteiger partial charge >= 0.3 is 0 Å². The lowest BCUT2D eigenvalue weighted by Crippen LogP contribution is -2.47. The lowest BCUT2D eigenvalue weighted by molar-refractivity contribution is 0.0939. The Kier molecular flexibility index (Phi) is 6.47. The van der Waals surface area contributed by atoms with E-state index in [1.807, 2.05) is 6.92 Å². The topological polar surface area (TPSA) is 92.1 Å². The van der Waals surface area contributed by atoms with Crippen LogP contribution in [0.25, 0.3) is 0 Å². The van der Waals surface area contributed by atoms with E-state index in [4.69, 9.17) is 52.8 Å². The summed E-state index contributed by atoms with van der Waals surface area (Å²) in [6.07, 6.45) is 0. The molecule has 0 aliphatic rings. The number of thiocarbonyl (C=S) groups is 1. The largest absolute Gasteiger partial charge is 0.396 e. The minimum absolute atomic E-state index is 0.00942. The maximum absolute atomic E-state index is 11.9. The first-order valence-electron chi connectivity index (χ1n) is 5.52. The second kappa shape index (κ2) is 7.65. The van der Waals surface area contributed by atoms with E-state index in [2.05, 4.69) is 27.7 Å². The molecular formula is C11H12Cl3N5OS. The van der Waals surface area contributed by atoms with Crippen LogP contribution in [0.5, 0.6) is 0 Å². The van der Waals surface area contributed by atoms with Gasteiger partial charge in [0.15, 0.2) is 16.0 Å². The number of carbonyl (C=O) groups is 1. The highest BCUT2D eigenvalue weighted by Gasteiger charge is 2.19. The zero-order chi connectivity index (χ0) is 16.2. The lowest BCUT2D eigenvalue weighted by Gasteiger charge is -2.12. The van der Waals surface area contributed by atoms with Gasteiger partial charge < -0.3 is 11.1 Å². The predicted molar refractivity (Wildman–Crippen MR) is 89.7 cm³/mol. The number of nitrogens with one attached hydrogen (secondary N) is 3. The molecule has 10 heteroatoms. The normalized spacial score (nSPS) is 9.90. The summed E-state index contributed by atoms with van der Waals surface area (Å²) >= 11 is 22.4. The third-order valence-corrected chi connectivity index (χ3v) is 3.51. The fourth-order valence-corrected chi connectivity index (χ4v) is 1.85. The van der Waals surface area contributed by atoms with Crippen molar-refractivity contribution >= 4 is 63.7 Å². The maximum Gasteiger partial charge on any atom is 0.289 e.